The quantitative estimate of drug-likeness (QED) is 0.349. The van der Waals surface area contributed by atoms with Crippen LogP contribution in [-0.4, -0.2) is 22.4 Å². The molecule has 2 aromatic carbocycles. The van der Waals surface area contributed by atoms with E-state index in [0.29, 0.717) is 27.4 Å². The molecule has 0 aliphatic rings. The molecule has 0 aliphatic heterocycles. The standard InChI is InChI=1S/C21H18N4O4S/c1-13-8-9-16(12-18(13)25(28)29)20(26)24-23-14(2)15-5-3-6-17(11-15)22-21(27)19-7-4-10-30-19/h3-12H,1-2H3,(H,22,27)(H,24,26)/b23-14+. The van der Waals surface area contributed by atoms with E-state index in [1.54, 1.807) is 50.2 Å². The number of carbonyl (C=O) groups excluding carboxylic acids is 2. The molecule has 2 amide bonds. The first-order chi connectivity index (χ1) is 14.3. The number of thiophene rings is 1. The van der Waals surface area contributed by atoms with Gasteiger partial charge >= 0.3 is 0 Å². The number of nitrogens with zero attached hydrogens (tertiary/aromatic N) is 2. The molecule has 2 N–H and O–H groups in total. The van der Waals surface area contributed by atoms with Gasteiger partial charge in [-0.15, -0.1) is 11.3 Å². The predicted molar refractivity (Wildman–Crippen MR) is 116 cm³/mol. The first-order valence-corrected chi connectivity index (χ1v) is 9.78. The number of nitro benzene ring substituents is 1. The molecule has 3 rings (SSSR count). The molecule has 0 radical (unpaired) electrons. The second-order valence-corrected chi connectivity index (χ2v) is 7.36. The van der Waals surface area contributed by atoms with E-state index in [9.17, 15) is 19.7 Å². The average Bonchev–Trinajstić information content (AvgIpc) is 3.27. The molecule has 0 unspecified atom stereocenters. The van der Waals surface area contributed by atoms with Crippen molar-refractivity contribution in [2.75, 3.05) is 5.32 Å². The van der Waals surface area contributed by atoms with Crippen molar-refractivity contribution in [2.45, 2.75) is 13.8 Å². The van der Waals surface area contributed by atoms with Gasteiger partial charge in [-0.25, -0.2) is 5.43 Å². The Morgan fingerprint density at radius 3 is 2.53 bits per heavy atom. The monoisotopic (exact) mass is 422 g/mol. The number of rotatable bonds is 6. The maximum Gasteiger partial charge on any atom is 0.273 e. The number of amides is 2. The second-order valence-electron chi connectivity index (χ2n) is 6.41. The summed E-state index contributed by atoms with van der Waals surface area (Å²) in [6.45, 7) is 3.31. The Morgan fingerprint density at radius 2 is 1.83 bits per heavy atom. The van der Waals surface area contributed by atoms with Gasteiger partial charge in [0.2, 0.25) is 0 Å². The molecule has 8 nitrogen and oxygen atoms in total. The Hall–Kier alpha value is -3.85. The summed E-state index contributed by atoms with van der Waals surface area (Å²) in [5, 5.41) is 19.8. The number of benzene rings is 2. The van der Waals surface area contributed by atoms with Crippen LogP contribution in [0.1, 0.15) is 38.1 Å². The van der Waals surface area contributed by atoms with Gasteiger partial charge in [0.05, 0.1) is 15.5 Å². The summed E-state index contributed by atoms with van der Waals surface area (Å²) < 4.78 is 0. The highest BCUT2D eigenvalue weighted by Crippen LogP contribution is 2.19. The van der Waals surface area contributed by atoms with Gasteiger partial charge in [-0.3, -0.25) is 19.7 Å². The van der Waals surface area contributed by atoms with Crippen LogP contribution in [0.3, 0.4) is 0 Å². The summed E-state index contributed by atoms with van der Waals surface area (Å²) in [7, 11) is 0. The maximum absolute atomic E-state index is 12.3. The third kappa shape index (κ3) is 4.95. The normalized spacial score (nSPS) is 11.1. The topological polar surface area (TPSA) is 114 Å². The van der Waals surface area contributed by atoms with Crippen molar-refractivity contribution in [3.63, 3.8) is 0 Å². The van der Waals surface area contributed by atoms with Crippen LogP contribution in [0.25, 0.3) is 0 Å². The van der Waals surface area contributed by atoms with Crippen molar-refractivity contribution in [1.29, 1.82) is 0 Å². The highest BCUT2D eigenvalue weighted by atomic mass is 32.1. The molecule has 152 valence electrons. The summed E-state index contributed by atoms with van der Waals surface area (Å²) in [5.41, 5.74) is 4.70. The summed E-state index contributed by atoms with van der Waals surface area (Å²) >= 11 is 1.35. The van der Waals surface area contributed by atoms with Crippen molar-refractivity contribution >= 4 is 40.2 Å². The minimum absolute atomic E-state index is 0.127. The molecule has 0 saturated carbocycles. The van der Waals surface area contributed by atoms with Crippen LogP contribution in [0, 0.1) is 17.0 Å². The van der Waals surface area contributed by atoms with Crippen molar-refractivity contribution < 1.29 is 14.5 Å². The fraction of sp³-hybridized carbons (Fsp3) is 0.0952. The molecule has 1 heterocycles. The fourth-order valence-corrected chi connectivity index (χ4v) is 3.25. The van der Waals surface area contributed by atoms with Crippen molar-refractivity contribution in [3.8, 4) is 0 Å². The van der Waals surface area contributed by atoms with Crippen LogP contribution in [-0.2, 0) is 0 Å². The van der Waals surface area contributed by atoms with Gasteiger partial charge in [0.15, 0.2) is 0 Å². The zero-order valence-corrected chi connectivity index (χ0v) is 17.0. The highest BCUT2D eigenvalue weighted by molar-refractivity contribution is 7.12. The predicted octanol–water partition coefficient (Wildman–Crippen LogP) is 4.37. The first kappa shape index (κ1) is 20.9. The largest absolute Gasteiger partial charge is 0.321 e. The Morgan fingerprint density at radius 1 is 1.03 bits per heavy atom. The van der Waals surface area contributed by atoms with Crippen molar-refractivity contribution in [1.82, 2.24) is 5.43 Å². The zero-order chi connectivity index (χ0) is 21.7. The third-order valence-electron chi connectivity index (χ3n) is 4.28. The van der Waals surface area contributed by atoms with E-state index in [2.05, 4.69) is 15.8 Å². The number of aryl methyl sites for hydroxylation is 1. The lowest BCUT2D eigenvalue weighted by Crippen LogP contribution is -2.19. The van der Waals surface area contributed by atoms with E-state index in [0.717, 1.165) is 0 Å². The van der Waals surface area contributed by atoms with Gasteiger partial charge in [-0.2, -0.15) is 5.10 Å². The molecular weight excluding hydrogens is 404 g/mol. The van der Waals surface area contributed by atoms with Crippen LogP contribution in [0.5, 0.6) is 0 Å². The van der Waals surface area contributed by atoms with Gasteiger partial charge in [-0.1, -0.05) is 24.3 Å². The molecule has 0 spiro atoms. The molecule has 9 heteroatoms. The van der Waals surface area contributed by atoms with Gasteiger partial charge in [0.25, 0.3) is 17.5 Å². The molecule has 0 aliphatic carbocycles. The van der Waals surface area contributed by atoms with E-state index in [1.807, 2.05) is 5.38 Å². The van der Waals surface area contributed by atoms with Gasteiger partial charge in [0, 0.05) is 22.9 Å². The van der Waals surface area contributed by atoms with E-state index in [4.69, 9.17) is 0 Å². The summed E-state index contributed by atoms with van der Waals surface area (Å²) in [6.07, 6.45) is 0. The SMILES string of the molecule is C/C(=N\NC(=O)c1ccc(C)c([N+](=O)[O-])c1)c1cccc(NC(=O)c2cccs2)c1. The Balaban J connectivity index is 1.71. The van der Waals surface area contributed by atoms with Crippen LogP contribution >= 0.6 is 11.3 Å². The molecule has 30 heavy (non-hydrogen) atoms. The van der Waals surface area contributed by atoms with E-state index >= 15 is 0 Å². The van der Waals surface area contributed by atoms with E-state index in [-0.39, 0.29) is 17.2 Å². The molecule has 1 aromatic heterocycles. The molecule has 3 aromatic rings. The number of nitro groups is 1. The number of carbonyl (C=O) groups is 2. The highest BCUT2D eigenvalue weighted by Gasteiger charge is 2.15. The Kier molecular flexibility index (Phi) is 6.33. The third-order valence-corrected chi connectivity index (χ3v) is 5.14. The minimum atomic E-state index is -0.556. The lowest BCUT2D eigenvalue weighted by atomic mass is 10.1. The number of anilines is 1. The molecule has 0 bridgehead atoms. The first-order valence-electron chi connectivity index (χ1n) is 8.90. The van der Waals surface area contributed by atoms with Crippen molar-refractivity contribution in [3.05, 3.63) is 91.7 Å². The molecule has 0 fully saturated rings. The van der Waals surface area contributed by atoms with Crippen LogP contribution in [0.2, 0.25) is 0 Å². The molecule has 0 saturated heterocycles. The Labute approximate surface area is 176 Å². The molecule has 0 atom stereocenters. The van der Waals surface area contributed by atoms with E-state index in [1.165, 1.54) is 29.5 Å². The number of hydrogen-bond acceptors (Lipinski definition) is 6. The smallest absolute Gasteiger partial charge is 0.273 e. The lowest BCUT2D eigenvalue weighted by molar-refractivity contribution is -0.385. The lowest BCUT2D eigenvalue weighted by Gasteiger charge is -2.07. The number of hydrogen-bond donors (Lipinski definition) is 2. The number of nitrogens with one attached hydrogen (secondary N) is 2. The number of hydrazone groups is 1. The summed E-state index contributed by atoms with van der Waals surface area (Å²) in [4.78, 5) is 35.6. The van der Waals surface area contributed by atoms with Crippen LogP contribution in [0.15, 0.2) is 65.1 Å². The molecular formula is C21H18N4O4S. The fourth-order valence-electron chi connectivity index (χ4n) is 2.63. The van der Waals surface area contributed by atoms with Gasteiger partial charge < -0.3 is 5.32 Å². The summed E-state index contributed by atoms with van der Waals surface area (Å²) in [6, 6.07) is 14.8. The van der Waals surface area contributed by atoms with Crippen molar-refractivity contribution in [2.24, 2.45) is 5.10 Å². The van der Waals surface area contributed by atoms with Crippen LogP contribution in [0.4, 0.5) is 11.4 Å². The second kappa shape index (κ2) is 9.10. The van der Waals surface area contributed by atoms with Gasteiger partial charge in [-0.05, 0) is 49.1 Å². The Bertz CT molecular complexity index is 1140. The summed E-state index contributed by atoms with van der Waals surface area (Å²) in [5.74, 6) is -0.759. The average molecular weight is 422 g/mol. The van der Waals surface area contributed by atoms with Gasteiger partial charge in [0.1, 0.15) is 0 Å². The maximum atomic E-state index is 12.3. The van der Waals surface area contributed by atoms with Crippen LogP contribution < -0.4 is 10.7 Å². The zero-order valence-electron chi connectivity index (χ0n) is 16.2. The minimum Gasteiger partial charge on any atom is -0.321 e. The van der Waals surface area contributed by atoms with E-state index < -0.39 is 10.8 Å².